The number of alkyl carbamates (subject to hydrolysis) is 1. The lowest BCUT2D eigenvalue weighted by Crippen LogP contribution is -2.44. The fourth-order valence-electron chi connectivity index (χ4n) is 2.18. The lowest BCUT2D eigenvalue weighted by molar-refractivity contribution is 0.0944. The number of nitrogens with one attached hydrogen (secondary N) is 2. The first-order valence-corrected chi connectivity index (χ1v) is 7.81. The van der Waals surface area contributed by atoms with Crippen molar-refractivity contribution in [3.8, 4) is 5.75 Å². The molecule has 0 aliphatic rings. The Bertz CT molecular complexity index is 517. The number of amides is 2. The summed E-state index contributed by atoms with van der Waals surface area (Å²) in [7, 11) is 1.55. The van der Waals surface area contributed by atoms with Gasteiger partial charge in [0.25, 0.3) is 5.91 Å². The zero-order valence-electron chi connectivity index (χ0n) is 14.2. The van der Waals surface area contributed by atoms with Crippen LogP contribution >= 0.6 is 0 Å². The maximum Gasteiger partial charge on any atom is 0.407 e. The number of carbonyl (C=O) groups excluding carboxylic acids is 2. The largest absolute Gasteiger partial charge is 0.497 e. The fourth-order valence-corrected chi connectivity index (χ4v) is 2.18. The van der Waals surface area contributed by atoms with Gasteiger partial charge in [0, 0.05) is 18.2 Å². The number of hydrogen-bond acceptors (Lipinski definition) is 4. The average molecular weight is 322 g/mol. The quantitative estimate of drug-likeness (QED) is 0.771. The Morgan fingerprint density at radius 3 is 2.61 bits per heavy atom. The molecule has 2 amide bonds. The van der Waals surface area contributed by atoms with Gasteiger partial charge in [0.1, 0.15) is 5.75 Å². The molecule has 1 atom stereocenters. The van der Waals surface area contributed by atoms with Crippen molar-refractivity contribution < 1.29 is 19.1 Å². The molecule has 0 fully saturated rings. The first-order chi connectivity index (χ1) is 11.0. The summed E-state index contributed by atoms with van der Waals surface area (Å²) in [6.07, 6.45) is 0.283. The number of rotatable bonds is 8. The van der Waals surface area contributed by atoms with Crippen LogP contribution in [0.5, 0.6) is 5.75 Å². The standard InChI is InChI=1S/C17H26N2O4/c1-5-23-17(21)19-14(9-12(2)3)11-18-16(20)13-7-6-8-15(10-13)22-4/h6-8,10,12,14H,5,9,11H2,1-4H3,(H,18,20)(H,19,21). The highest BCUT2D eigenvalue weighted by Gasteiger charge is 2.16. The highest BCUT2D eigenvalue weighted by molar-refractivity contribution is 5.94. The second-order valence-electron chi connectivity index (χ2n) is 5.63. The van der Waals surface area contributed by atoms with E-state index in [0.29, 0.717) is 30.4 Å². The summed E-state index contributed by atoms with van der Waals surface area (Å²) in [6.45, 7) is 6.53. The van der Waals surface area contributed by atoms with Crippen molar-refractivity contribution in [1.29, 1.82) is 0 Å². The van der Waals surface area contributed by atoms with Crippen molar-refractivity contribution in [2.24, 2.45) is 5.92 Å². The zero-order valence-corrected chi connectivity index (χ0v) is 14.2. The van der Waals surface area contributed by atoms with Crippen molar-refractivity contribution in [2.75, 3.05) is 20.3 Å². The fraction of sp³-hybridized carbons (Fsp3) is 0.529. The summed E-state index contributed by atoms with van der Waals surface area (Å²) in [5, 5.41) is 5.62. The molecule has 0 saturated carbocycles. The molecule has 0 aliphatic carbocycles. The molecule has 0 bridgehead atoms. The van der Waals surface area contributed by atoms with E-state index in [4.69, 9.17) is 9.47 Å². The minimum atomic E-state index is -0.464. The molecule has 0 aliphatic heterocycles. The third-order valence-electron chi connectivity index (χ3n) is 3.19. The van der Waals surface area contributed by atoms with Gasteiger partial charge in [-0.2, -0.15) is 0 Å². The predicted molar refractivity (Wildman–Crippen MR) is 88.7 cm³/mol. The number of methoxy groups -OCH3 is 1. The van der Waals surface area contributed by atoms with Gasteiger partial charge in [0.05, 0.1) is 13.7 Å². The summed E-state index contributed by atoms with van der Waals surface area (Å²) in [6, 6.07) is 6.75. The van der Waals surface area contributed by atoms with Crippen LogP contribution in [0.3, 0.4) is 0 Å². The first kappa shape index (κ1) is 18.8. The molecule has 0 spiro atoms. The van der Waals surface area contributed by atoms with E-state index in [0.717, 1.165) is 6.42 Å². The summed E-state index contributed by atoms with van der Waals surface area (Å²) >= 11 is 0. The molecule has 1 aromatic carbocycles. The van der Waals surface area contributed by atoms with E-state index in [9.17, 15) is 9.59 Å². The molecule has 0 aromatic heterocycles. The molecule has 0 heterocycles. The Labute approximate surface area is 137 Å². The molecule has 0 radical (unpaired) electrons. The van der Waals surface area contributed by atoms with Crippen LogP contribution in [-0.2, 0) is 4.74 Å². The Hall–Kier alpha value is -2.24. The van der Waals surface area contributed by atoms with Crippen molar-refractivity contribution in [3.05, 3.63) is 29.8 Å². The average Bonchev–Trinajstić information content (AvgIpc) is 2.52. The Morgan fingerprint density at radius 1 is 1.26 bits per heavy atom. The molecule has 128 valence electrons. The van der Waals surface area contributed by atoms with Gasteiger partial charge in [-0.3, -0.25) is 4.79 Å². The highest BCUT2D eigenvalue weighted by atomic mass is 16.5. The van der Waals surface area contributed by atoms with E-state index in [1.54, 1.807) is 38.3 Å². The van der Waals surface area contributed by atoms with Gasteiger partial charge in [-0.05, 0) is 37.5 Å². The van der Waals surface area contributed by atoms with Crippen molar-refractivity contribution in [3.63, 3.8) is 0 Å². The second-order valence-corrected chi connectivity index (χ2v) is 5.63. The van der Waals surface area contributed by atoms with E-state index in [-0.39, 0.29) is 11.9 Å². The molecule has 6 heteroatoms. The number of hydrogen-bond donors (Lipinski definition) is 2. The Kier molecular flexibility index (Phi) is 7.94. The number of ether oxygens (including phenoxy) is 2. The lowest BCUT2D eigenvalue weighted by atomic mass is 10.0. The normalized spacial score (nSPS) is 11.7. The first-order valence-electron chi connectivity index (χ1n) is 7.81. The maximum absolute atomic E-state index is 12.2. The molecule has 1 rings (SSSR count). The Balaban J connectivity index is 2.61. The van der Waals surface area contributed by atoms with Crippen LogP contribution in [0, 0.1) is 5.92 Å². The van der Waals surface area contributed by atoms with Crippen LogP contribution in [0.15, 0.2) is 24.3 Å². The monoisotopic (exact) mass is 322 g/mol. The minimum Gasteiger partial charge on any atom is -0.497 e. The van der Waals surface area contributed by atoms with Gasteiger partial charge in [-0.15, -0.1) is 0 Å². The van der Waals surface area contributed by atoms with E-state index in [2.05, 4.69) is 24.5 Å². The SMILES string of the molecule is CCOC(=O)NC(CNC(=O)c1cccc(OC)c1)CC(C)C. The summed E-state index contributed by atoms with van der Waals surface area (Å²) < 4.78 is 10.0. The van der Waals surface area contributed by atoms with Gasteiger partial charge in [0.15, 0.2) is 0 Å². The van der Waals surface area contributed by atoms with Crippen LogP contribution in [0.2, 0.25) is 0 Å². The van der Waals surface area contributed by atoms with Crippen molar-refractivity contribution in [1.82, 2.24) is 10.6 Å². The van der Waals surface area contributed by atoms with Gasteiger partial charge >= 0.3 is 6.09 Å². The molecule has 1 aromatic rings. The minimum absolute atomic E-state index is 0.177. The van der Waals surface area contributed by atoms with Crippen molar-refractivity contribution in [2.45, 2.75) is 33.2 Å². The van der Waals surface area contributed by atoms with Crippen molar-refractivity contribution >= 4 is 12.0 Å². The van der Waals surface area contributed by atoms with E-state index < -0.39 is 6.09 Å². The smallest absolute Gasteiger partial charge is 0.407 e. The summed E-state index contributed by atoms with van der Waals surface area (Å²) in [5.74, 6) is 0.806. The van der Waals surface area contributed by atoms with E-state index >= 15 is 0 Å². The van der Waals surface area contributed by atoms with Crippen LogP contribution in [0.4, 0.5) is 4.79 Å². The van der Waals surface area contributed by atoms with Crippen LogP contribution < -0.4 is 15.4 Å². The Morgan fingerprint density at radius 2 is 2.00 bits per heavy atom. The third-order valence-corrected chi connectivity index (χ3v) is 3.19. The number of carbonyl (C=O) groups is 2. The molecular formula is C17H26N2O4. The van der Waals surface area contributed by atoms with E-state index in [1.807, 2.05) is 0 Å². The molecule has 1 unspecified atom stereocenters. The van der Waals surface area contributed by atoms with Gasteiger partial charge in [0.2, 0.25) is 0 Å². The highest BCUT2D eigenvalue weighted by Crippen LogP contribution is 2.12. The summed E-state index contributed by atoms with van der Waals surface area (Å²) in [5.41, 5.74) is 0.517. The van der Waals surface area contributed by atoms with E-state index in [1.165, 1.54) is 0 Å². The third kappa shape index (κ3) is 7.04. The molecular weight excluding hydrogens is 296 g/mol. The molecule has 2 N–H and O–H groups in total. The van der Waals surface area contributed by atoms with Gasteiger partial charge in [-0.25, -0.2) is 4.79 Å². The topological polar surface area (TPSA) is 76.7 Å². The number of benzene rings is 1. The maximum atomic E-state index is 12.2. The lowest BCUT2D eigenvalue weighted by Gasteiger charge is -2.20. The zero-order chi connectivity index (χ0) is 17.2. The van der Waals surface area contributed by atoms with Crippen LogP contribution in [0.1, 0.15) is 37.6 Å². The second kappa shape index (κ2) is 9.71. The van der Waals surface area contributed by atoms with Gasteiger partial charge < -0.3 is 20.1 Å². The summed E-state index contributed by atoms with van der Waals surface area (Å²) in [4.78, 5) is 23.8. The van der Waals surface area contributed by atoms with Crippen LogP contribution in [-0.4, -0.2) is 38.3 Å². The van der Waals surface area contributed by atoms with Crippen LogP contribution in [0.25, 0.3) is 0 Å². The molecule has 23 heavy (non-hydrogen) atoms. The molecule has 0 saturated heterocycles. The predicted octanol–water partition coefficient (Wildman–Crippen LogP) is 2.59. The van der Waals surface area contributed by atoms with Gasteiger partial charge in [-0.1, -0.05) is 19.9 Å². The molecule has 6 nitrogen and oxygen atoms in total.